The Morgan fingerprint density at radius 3 is 2.54 bits per heavy atom. The SMILES string of the molecule is Cc1c(-c2cccs2)nc2sc3c(c2c1-c1ccccc1)CCCC3.[Cl-]. The standard InChI is InChI=1S/C22H19NS2.ClH/c1-14-19(15-8-3-2-4-9-15)20-16-10-5-6-11-17(16)25-22(20)23-21(14)18-12-7-13-24-18;/h2-4,7-9,12-13H,5-6,10-11H2,1H3;1H/p-1. The molecule has 1 aliphatic carbocycles. The number of thiophene rings is 2. The molecule has 3 heterocycles. The summed E-state index contributed by atoms with van der Waals surface area (Å²) in [5.74, 6) is 0. The van der Waals surface area contributed by atoms with E-state index >= 15 is 0 Å². The van der Waals surface area contributed by atoms with Crippen LogP contribution < -0.4 is 12.4 Å². The molecular formula is C22H19ClNS2-. The summed E-state index contributed by atoms with van der Waals surface area (Å²) in [5.41, 5.74) is 6.75. The molecule has 3 aromatic heterocycles. The Labute approximate surface area is 168 Å². The number of benzene rings is 1. The second-order valence-corrected chi connectivity index (χ2v) is 8.73. The summed E-state index contributed by atoms with van der Waals surface area (Å²) in [6.07, 6.45) is 5.04. The molecule has 1 aromatic carbocycles. The minimum atomic E-state index is 0. The van der Waals surface area contributed by atoms with E-state index in [4.69, 9.17) is 4.98 Å². The van der Waals surface area contributed by atoms with E-state index in [-0.39, 0.29) is 12.4 Å². The first kappa shape index (κ1) is 17.7. The van der Waals surface area contributed by atoms with Crippen LogP contribution in [0, 0.1) is 6.92 Å². The van der Waals surface area contributed by atoms with Gasteiger partial charge in [-0.15, -0.1) is 22.7 Å². The predicted molar refractivity (Wildman–Crippen MR) is 110 cm³/mol. The number of hydrogen-bond acceptors (Lipinski definition) is 3. The Morgan fingerprint density at radius 2 is 1.77 bits per heavy atom. The molecule has 132 valence electrons. The molecule has 4 heteroatoms. The second kappa shape index (κ2) is 7.15. The molecule has 0 aliphatic heterocycles. The Kier molecular flexibility index (Phi) is 4.87. The average Bonchev–Trinajstić information content (AvgIpc) is 3.29. The summed E-state index contributed by atoms with van der Waals surface area (Å²) in [5, 5.41) is 3.56. The van der Waals surface area contributed by atoms with Crippen molar-refractivity contribution in [1.82, 2.24) is 4.98 Å². The second-order valence-electron chi connectivity index (χ2n) is 6.69. The van der Waals surface area contributed by atoms with Gasteiger partial charge in [-0.3, -0.25) is 0 Å². The van der Waals surface area contributed by atoms with E-state index in [1.54, 1.807) is 21.8 Å². The lowest BCUT2D eigenvalue weighted by Crippen LogP contribution is -3.00. The first-order valence-electron chi connectivity index (χ1n) is 8.87. The van der Waals surface area contributed by atoms with Crippen LogP contribution in [0.15, 0.2) is 47.8 Å². The highest BCUT2D eigenvalue weighted by molar-refractivity contribution is 7.19. The fraction of sp³-hybridized carbons (Fsp3) is 0.227. The van der Waals surface area contributed by atoms with Gasteiger partial charge in [-0.2, -0.15) is 0 Å². The molecular weight excluding hydrogens is 378 g/mol. The molecule has 0 saturated carbocycles. The highest BCUT2D eigenvalue weighted by Crippen LogP contribution is 2.44. The predicted octanol–water partition coefficient (Wildman–Crippen LogP) is 3.88. The third kappa shape index (κ3) is 2.79. The van der Waals surface area contributed by atoms with E-state index in [0.29, 0.717) is 0 Å². The van der Waals surface area contributed by atoms with Crippen LogP contribution in [0.2, 0.25) is 0 Å². The van der Waals surface area contributed by atoms with Crippen LogP contribution in [-0.2, 0) is 12.8 Å². The lowest BCUT2D eigenvalue weighted by atomic mass is 9.90. The molecule has 0 bridgehead atoms. The number of nitrogens with zero attached hydrogens (tertiary/aromatic N) is 1. The van der Waals surface area contributed by atoms with Gasteiger partial charge in [0.2, 0.25) is 0 Å². The van der Waals surface area contributed by atoms with Gasteiger partial charge in [-0.05, 0) is 66.3 Å². The van der Waals surface area contributed by atoms with Gasteiger partial charge in [-0.1, -0.05) is 36.4 Å². The number of fused-ring (bicyclic) bond motifs is 3. The highest BCUT2D eigenvalue weighted by Gasteiger charge is 2.23. The zero-order valence-corrected chi connectivity index (χ0v) is 17.0. The lowest BCUT2D eigenvalue weighted by molar-refractivity contribution is -0.00000477. The molecule has 0 atom stereocenters. The van der Waals surface area contributed by atoms with E-state index in [1.807, 2.05) is 11.3 Å². The molecule has 4 aromatic rings. The van der Waals surface area contributed by atoms with Crippen molar-refractivity contribution in [1.29, 1.82) is 0 Å². The van der Waals surface area contributed by atoms with Crippen molar-refractivity contribution in [3.63, 3.8) is 0 Å². The van der Waals surface area contributed by atoms with Crippen LogP contribution in [0.4, 0.5) is 0 Å². The van der Waals surface area contributed by atoms with Gasteiger partial charge >= 0.3 is 0 Å². The van der Waals surface area contributed by atoms with Gasteiger partial charge in [0.15, 0.2) is 0 Å². The smallest absolute Gasteiger partial charge is 0.125 e. The number of pyridine rings is 1. The van der Waals surface area contributed by atoms with Crippen molar-refractivity contribution >= 4 is 32.9 Å². The highest BCUT2D eigenvalue weighted by atomic mass is 35.5. The van der Waals surface area contributed by atoms with Gasteiger partial charge in [0, 0.05) is 10.3 Å². The fourth-order valence-electron chi connectivity index (χ4n) is 4.00. The minimum absolute atomic E-state index is 0. The summed E-state index contributed by atoms with van der Waals surface area (Å²) in [6.45, 7) is 2.25. The normalized spacial score (nSPS) is 13.4. The Balaban J connectivity index is 0.00000168. The van der Waals surface area contributed by atoms with Crippen LogP contribution in [0.1, 0.15) is 28.8 Å². The number of halogens is 1. The zero-order valence-electron chi connectivity index (χ0n) is 14.6. The van der Waals surface area contributed by atoms with Gasteiger partial charge in [-0.25, -0.2) is 4.98 Å². The Bertz CT molecular complexity index is 1050. The van der Waals surface area contributed by atoms with E-state index in [9.17, 15) is 0 Å². The van der Waals surface area contributed by atoms with E-state index < -0.39 is 0 Å². The van der Waals surface area contributed by atoms with Crippen molar-refractivity contribution in [3.05, 3.63) is 63.8 Å². The van der Waals surface area contributed by atoms with Crippen molar-refractivity contribution in [2.45, 2.75) is 32.6 Å². The van der Waals surface area contributed by atoms with Crippen LogP contribution >= 0.6 is 22.7 Å². The molecule has 0 amide bonds. The molecule has 0 N–H and O–H groups in total. The molecule has 0 saturated heterocycles. The van der Waals surface area contributed by atoms with Crippen molar-refractivity contribution in [2.24, 2.45) is 0 Å². The van der Waals surface area contributed by atoms with Crippen LogP contribution in [0.25, 0.3) is 31.9 Å². The van der Waals surface area contributed by atoms with Gasteiger partial charge in [0.25, 0.3) is 0 Å². The molecule has 0 unspecified atom stereocenters. The van der Waals surface area contributed by atoms with Crippen LogP contribution in [0.3, 0.4) is 0 Å². The quantitative estimate of drug-likeness (QED) is 0.501. The average molecular weight is 397 g/mol. The van der Waals surface area contributed by atoms with Gasteiger partial charge in [0.1, 0.15) is 4.83 Å². The van der Waals surface area contributed by atoms with Crippen LogP contribution in [-0.4, -0.2) is 4.98 Å². The number of aromatic nitrogens is 1. The third-order valence-electron chi connectivity index (χ3n) is 5.16. The van der Waals surface area contributed by atoms with Crippen molar-refractivity contribution in [2.75, 3.05) is 0 Å². The first-order chi connectivity index (χ1) is 12.3. The largest absolute Gasteiger partial charge is 1.00 e. The summed E-state index contributed by atoms with van der Waals surface area (Å²) in [4.78, 5) is 9.19. The molecule has 0 spiro atoms. The fourth-order valence-corrected chi connectivity index (χ4v) is 6.04. The number of aryl methyl sites for hydroxylation is 2. The van der Waals surface area contributed by atoms with Crippen LogP contribution in [0.5, 0.6) is 0 Å². The monoisotopic (exact) mass is 396 g/mol. The number of rotatable bonds is 2. The Morgan fingerprint density at radius 1 is 0.962 bits per heavy atom. The zero-order chi connectivity index (χ0) is 16.8. The maximum absolute atomic E-state index is 5.14. The Hall–Kier alpha value is -1.68. The maximum atomic E-state index is 5.14. The van der Waals surface area contributed by atoms with E-state index in [0.717, 1.165) is 5.69 Å². The molecule has 0 radical (unpaired) electrons. The van der Waals surface area contributed by atoms with Gasteiger partial charge < -0.3 is 12.4 Å². The van der Waals surface area contributed by atoms with E-state index in [1.165, 1.54) is 57.5 Å². The first-order valence-corrected chi connectivity index (χ1v) is 10.6. The van der Waals surface area contributed by atoms with Crippen molar-refractivity contribution in [3.8, 4) is 21.7 Å². The topological polar surface area (TPSA) is 12.9 Å². The molecule has 26 heavy (non-hydrogen) atoms. The van der Waals surface area contributed by atoms with Crippen molar-refractivity contribution < 1.29 is 12.4 Å². The molecule has 1 nitrogen and oxygen atoms in total. The maximum Gasteiger partial charge on any atom is 0.125 e. The molecule has 1 aliphatic rings. The third-order valence-corrected chi connectivity index (χ3v) is 7.23. The lowest BCUT2D eigenvalue weighted by Gasteiger charge is -2.15. The van der Waals surface area contributed by atoms with E-state index in [2.05, 4.69) is 54.8 Å². The number of hydrogen-bond donors (Lipinski definition) is 0. The molecule has 5 rings (SSSR count). The molecule has 0 fully saturated rings. The minimum Gasteiger partial charge on any atom is -1.00 e. The summed E-state index contributed by atoms with van der Waals surface area (Å²) in [6, 6.07) is 15.2. The summed E-state index contributed by atoms with van der Waals surface area (Å²) in [7, 11) is 0. The summed E-state index contributed by atoms with van der Waals surface area (Å²) >= 11 is 3.70. The summed E-state index contributed by atoms with van der Waals surface area (Å²) < 4.78 is 0. The van der Waals surface area contributed by atoms with Gasteiger partial charge in [0.05, 0.1) is 10.6 Å².